The number of halogens is 3. The fourth-order valence-electron chi connectivity index (χ4n) is 5.09. The number of carboxylic acid groups (broad SMARTS) is 1. The molecule has 2 heterocycles. The zero-order valence-corrected chi connectivity index (χ0v) is 24.4. The van der Waals surface area contributed by atoms with Gasteiger partial charge in [-0.2, -0.15) is 13.2 Å². The number of alkyl halides is 3. The third kappa shape index (κ3) is 7.23. The third-order valence-corrected chi connectivity index (χ3v) is 6.83. The number of rotatable bonds is 6. The molecule has 0 aromatic heterocycles. The van der Waals surface area contributed by atoms with Crippen molar-refractivity contribution in [2.24, 2.45) is 0 Å². The molecule has 0 unspecified atom stereocenters. The van der Waals surface area contributed by atoms with Gasteiger partial charge in [-0.05, 0) is 73.4 Å². The van der Waals surface area contributed by atoms with Gasteiger partial charge in [0, 0.05) is 25.7 Å². The number of carbonyl (C=O) groups is 4. The molecule has 1 N–H and O–H groups in total. The lowest BCUT2D eigenvalue weighted by Crippen LogP contribution is -2.55. The van der Waals surface area contributed by atoms with Crippen LogP contribution < -0.4 is 9.64 Å². The topological polar surface area (TPSA) is 117 Å². The van der Waals surface area contributed by atoms with Crippen LogP contribution in [0.4, 0.5) is 23.7 Å². The Morgan fingerprint density at radius 3 is 2.37 bits per heavy atom. The summed E-state index contributed by atoms with van der Waals surface area (Å²) in [6, 6.07) is 0.514. The fourth-order valence-corrected chi connectivity index (χ4v) is 5.09. The van der Waals surface area contributed by atoms with E-state index in [0.717, 1.165) is 11.0 Å². The summed E-state index contributed by atoms with van der Waals surface area (Å²) < 4.78 is 54.2. The van der Waals surface area contributed by atoms with Gasteiger partial charge in [-0.1, -0.05) is 0 Å². The Kier molecular flexibility index (Phi) is 8.90. The largest absolute Gasteiger partial charge is 0.481 e. The van der Waals surface area contributed by atoms with Crippen LogP contribution in [0, 0.1) is 0 Å². The molecular formula is C28H38F3N3O7. The number of likely N-dealkylation sites (tertiary alicyclic amines) is 1. The van der Waals surface area contributed by atoms with E-state index in [9.17, 15) is 37.5 Å². The van der Waals surface area contributed by atoms with Crippen molar-refractivity contribution in [1.82, 2.24) is 9.80 Å². The molecule has 2 aliphatic rings. The second-order valence-corrected chi connectivity index (χ2v) is 12.1. The number of nitrogens with zero attached hydrogens (tertiary/aromatic N) is 3. The summed E-state index contributed by atoms with van der Waals surface area (Å²) in [6.07, 6.45) is -5.02. The molecule has 1 atom stereocenters. The number of fused-ring (bicyclic) bond motifs is 1. The van der Waals surface area contributed by atoms with Crippen molar-refractivity contribution in [3.63, 3.8) is 0 Å². The molecule has 10 nitrogen and oxygen atoms in total. The first-order chi connectivity index (χ1) is 18.7. The van der Waals surface area contributed by atoms with E-state index in [4.69, 9.17) is 9.47 Å². The Bertz CT molecular complexity index is 1210. The normalized spacial score (nSPS) is 19.0. The van der Waals surface area contributed by atoms with Gasteiger partial charge in [-0.15, -0.1) is 0 Å². The highest BCUT2D eigenvalue weighted by Gasteiger charge is 2.45. The van der Waals surface area contributed by atoms with Crippen LogP contribution in [0.5, 0.6) is 5.75 Å². The highest BCUT2D eigenvalue weighted by Crippen LogP contribution is 2.44. The molecule has 13 heteroatoms. The van der Waals surface area contributed by atoms with Gasteiger partial charge < -0.3 is 29.3 Å². The number of ether oxygens (including phenoxy) is 2. The number of anilines is 1. The molecule has 1 fully saturated rings. The van der Waals surface area contributed by atoms with E-state index >= 15 is 0 Å². The first-order valence-electron chi connectivity index (χ1n) is 13.5. The maximum absolute atomic E-state index is 14.4. The van der Waals surface area contributed by atoms with E-state index in [2.05, 4.69) is 0 Å². The van der Waals surface area contributed by atoms with E-state index in [1.54, 1.807) is 34.6 Å². The first kappa shape index (κ1) is 32.0. The quantitative estimate of drug-likeness (QED) is 0.503. The SMILES string of the molecule is CC(C)N(C(=O)c1cc2c(cc1C(F)(F)F)OC(C)(C)C(=O)N2CCC(=O)O)[C@@H]1CCCN(C(=O)OC(C)(C)C)C1. The lowest BCUT2D eigenvalue weighted by molar-refractivity contribution is -0.138. The number of amides is 3. The Hall–Kier alpha value is -3.51. The third-order valence-electron chi connectivity index (χ3n) is 6.83. The van der Waals surface area contributed by atoms with Crippen molar-refractivity contribution >= 4 is 29.6 Å². The molecule has 1 aromatic carbocycles. The minimum atomic E-state index is -4.95. The summed E-state index contributed by atoms with van der Waals surface area (Å²) in [7, 11) is 0. The number of hydrogen-bond acceptors (Lipinski definition) is 6. The van der Waals surface area contributed by atoms with E-state index in [-0.39, 0.29) is 24.5 Å². The predicted octanol–water partition coefficient (Wildman–Crippen LogP) is 4.93. The molecule has 41 heavy (non-hydrogen) atoms. The zero-order valence-electron chi connectivity index (χ0n) is 24.4. The fraction of sp³-hybridized carbons (Fsp3) is 0.643. The summed E-state index contributed by atoms with van der Waals surface area (Å²) in [5, 5.41) is 9.19. The Labute approximate surface area is 237 Å². The second-order valence-electron chi connectivity index (χ2n) is 12.1. The molecule has 2 aliphatic heterocycles. The molecule has 0 aliphatic carbocycles. The average Bonchev–Trinajstić information content (AvgIpc) is 2.81. The minimum absolute atomic E-state index is 0.0750. The number of aliphatic carboxylic acids is 1. The maximum Gasteiger partial charge on any atom is 0.417 e. The molecule has 3 rings (SSSR count). The molecule has 228 valence electrons. The average molecular weight is 586 g/mol. The molecule has 0 saturated carbocycles. The molecule has 0 bridgehead atoms. The molecular weight excluding hydrogens is 547 g/mol. The number of piperidine rings is 1. The summed E-state index contributed by atoms with van der Waals surface area (Å²) in [6.45, 7) is 11.4. The summed E-state index contributed by atoms with van der Waals surface area (Å²) in [5.41, 5.74) is -4.36. The van der Waals surface area contributed by atoms with Gasteiger partial charge >= 0.3 is 18.2 Å². The van der Waals surface area contributed by atoms with E-state index in [1.165, 1.54) is 23.6 Å². The van der Waals surface area contributed by atoms with Crippen LogP contribution in [-0.4, -0.2) is 81.7 Å². The minimum Gasteiger partial charge on any atom is -0.481 e. The number of benzene rings is 1. The summed E-state index contributed by atoms with van der Waals surface area (Å²) in [4.78, 5) is 54.9. The molecule has 1 saturated heterocycles. The lowest BCUT2D eigenvalue weighted by atomic mass is 9.96. The van der Waals surface area contributed by atoms with Crippen molar-refractivity contribution in [3.05, 3.63) is 23.3 Å². The number of carboxylic acids is 1. The monoisotopic (exact) mass is 585 g/mol. The molecule has 3 amide bonds. The summed E-state index contributed by atoms with van der Waals surface area (Å²) in [5.74, 6) is -3.06. The van der Waals surface area contributed by atoms with Crippen LogP contribution in [0.3, 0.4) is 0 Å². The standard InChI is InChI=1S/C28H38F3N3O7/c1-16(2)34(17-9-8-11-32(15-17)25(39)41-26(3,4)5)23(37)18-13-20-21(14-19(18)28(29,30)31)40-27(6,7)24(38)33(20)12-10-22(35)36/h13-14,16-17H,8-12,15H2,1-7H3,(H,35,36)/t17-/m1/s1. The van der Waals surface area contributed by atoms with Crippen molar-refractivity contribution in [1.29, 1.82) is 0 Å². The Morgan fingerprint density at radius 1 is 1.20 bits per heavy atom. The first-order valence-corrected chi connectivity index (χ1v) is 13.5. The van der Waals surface area contributed by atoms with Gasteiger partial charge in [-0.3, -0.25) is 14.4 Å². The summed E-state index contributed by atoms with van der Waals surface area (Å²) >= 11 is 0. The van der Waals surface area contributed by atoms with Crippen molar-refractivity contribution in [3.8, 4) is 5.75 Å². The molecule has 0 radical (unpaired) electrons. The van der Waals surface area contributed by atoms with Gasteiger partial charge in [0.2, 0.25) is 0 Å². The van der Waals surface area contributed by atoms with Crippen LogP contribution in [0.15, 0.2) is 12.1 Å². The van der Waals surface area contributed by atoms with E-state index < -0.39 is 70.9 Å². The van der Waals surface area contributed by atoms with Gasteiger partial charge in [0.15, 0.2) is 5.60 Å². The highest BCUT2D eigenvalue weighted by molar-refractivity contribution is 6.05. The van der Waals surface area contributed by atoms with E-state index in [1.807, 2.05) is 0 Å². The highest BCUT2D eigenvalue weighted by atomic mass is 19.4. The van der Waals surface area contributed by atoms with Crippen LogP contribution in [0.2, 0.25) is 0 Å². The van der Waals surface area contributed by atoms with Gasteiger partial charge in [0.05, 0.1) is 29.3 Å². The van der Waals surface area contributed by atoms with Crippen molar-refractivity contribution in [2.75, 3.05) is 24.5 Å². The number of carbonyl (C=O) groups excluding carboxylic acids is 3. The maximum atomic E-state index is 14.4. The van der Waals surface area contributed by atoms with Crippen molar-refractivity contribution < 1.29 is 46.9 Å². The number of hydrogen-bond donors (Lipinski definition) is 1. The van der Waals surface area contributed by atoms with Gasteiger partial charge in [-0.25, -0.2) is 4.79 Å². The predicted molar refractivity (Wildman–Crippen MR) is 143 cm³/mol. The molecule has 1 aromatic rings. The van der Waals surface area contributed by atoms with Gasteiger partial charge in [0.1, 0.15) is 11.4 Å². The van der Waals surface area contributed by atoms with Crippen LogP contribution in [0.25, 0.3) is 0 Å². The Morgan fingerprint density at radius 2 is 1.83 bits per heavy atom. The van der Waals surface area contributed by atoms with E-state index in [0.29, 0.717) is 25.5 Å². The Balaban J connectivity index is 2.08. The van der Waals surface area contributed by atoms with Crippen LogP contribution in [0.1, 0.15) is 83.7 Å². The van der Waals surface area contributed by atoms with Crippen LogP contribution >= 0.6 is 0 Å². The van der Waals surface area contributed by atoms with Crippen LogP contribution in [-0.2, 0) is 20.5 Å². The zero-order chi connectivity index (χ0) is 31.1. The van der Waals surface area contributed by atoms with Crippen molar-refractivity contribution in [2.45, 2.75) is 97.2 Å². The lowest BCUT2D eigenvalue weighted by Gasteiger charge is -2.42. The molecule has 0 spiro atoms. The second kappa shape index (κ2) is 11.4. The van der Waals surface area contributed by atoms with Gasteiger partial charge in [0.25, 0.3) is 11.8 Å². The smallest absolute Gasteiger partial charge is 0.417 e.